The van der Waals surface area contributed by atoms with Gasteiger partial charge in [0.05, 0.1) is 0 Å². The van der Waals surface area contributed by atoms with Crippen molar-refractivity contribution in [3.8, 4) is 0 Å². The SMILES string of the molecule is NC(=O)C=C1CCc2cc(F)c(F)cc21. The summed E-state index contributed by atoms with van der Waals surface area (Å²) in [7, 11) is 0. The lowest BCUT2D eigenvalue weighted by Gasteiger charge is -2.01. The van der Waals surface area contributed by atoms with E-state index in [0.29, 0.717) is 24.0 Å². The standard InChI is InChI=1S/C11H9F2NO/c12-9-3-6-1-2-7(4-11(14)15)8(6)5-10(9)13/h3-5H,1-2H2,(H2,14,15). The van der Waals surface area contributed by atoms with E-state index in [2.05, 4.69) is 0 Å². The molecule has 0 aliphatic heterocycles. The number of primary amides is 1. The first kappa shape index (κ1) is 9.83. The van der Waals surface area contributed by atoms with Gasteiger partial charge in [0.1, 0.15) is 0 Å². The van der Waals surface area contributed by atoms with Crippen LogP contribution in [0.4, 0.5) is 8.78 Å². The van der Waals surface area contributed by atoms with Crippen LogP contribution >= 0.6 is 0 Å². The molecule has 2 nitrogen and oxygen atoms in total. The summed E-state index contributed by atoms with van der Waals surface area (Å²) in [4.78, 5) is 10.7. The van der Waals surface area contributed by atoms with Crippen LogP contribution < -0.4 is 5.73 Å². The minimum absolute atomic E-state index is 0.567. The van der Waals surface area contributed by atoms with Crippen molar-refractivity contribution in [2.75, 3.05) is 0 Å². The Labute approximate surface area is 85.4 Å². The first-order valence-corrected chi connectivity index (χ1v) is 4.56. The lowest BCUT2D eigenvalue weighted by atomic mass is 10.1. The van der Waals surface area contributed by atoms with E-state index in [1.54, 1.807) is 0 Å². The van der Waals surface area contributed by atoms with Crippen LogP contribution in [0.15, 0.2) is 18.2 Å². The van der Waals surface area contributed by atoms with Crippen LogP contribution in [0, 0.1) is 11.6 Å². The van der Waals surface area contributed by atoms with E-state index in [-0.39, 0.29) is 0 Å². The zero-order valence-corrected chi connectivity index (χ0v) is 7.89. The number of amides is 1. The second-order valence-electron chi connectivity index (χ2n) is 3.50. The number of carbonyl (C=O) groups excluding carboxylic acids is 1. The molecule has 0 saturated heterocycles. The van der Waals surface area contributed by atoms with Crippen LogP contribution in [0.1, 0.15) is 17.5 Å². The Morgan fingerprint density at radius 1 is 1.27 bits per heavy atom. The molecule has 0 unspecified atom stereocenters. The van der Waals surface area contributed by atoms with Crippen molar-refractivity contribution in [1.82, 2.24) is 0 Å². The van der Waals surface area contributed by atoms with E-state index in [1.165, 1.54) is 12.1 Å². The average molecular weight is 209 g/mol. The van der Waals surface area contributed by atoms with Crippen LogP contribution in [0.3, 0.4) is 0 Å². The maximum absolute atomic E-state index is 13.0. The molecule has 2 rings (SSSR count). The predicted molar refractivity (Wildman–Crippen MR) is 51.9 cm³/mol. The number of halogens is 2. The smallest absolute Gasteiger partial charge is 0.241 e. The minimum Gasteiger partial charge on any atom is -0.366 e. The number of benzene rings is 1. The molecule has 1 aliphatic carbocycles. The molecule has 0 fully saturated rings. The summed E-state index contributed by atoms with van der Waals surface area (Å²) in [6, 6.07) is 2.29. The summed E-state index contributed by atoms with van der Waals surface area (Å²) in [5, 5.41) is 0. The molecule has 2 N–H and O–H groups in total. The molecule has 1 aliphatic rings. The molecule has 0 aromatic heterocycles. The Balaban J connectivity index is 2.51. The lowest BCUT2D eigenvalue weighted by molar-refractivity contribution is -0.113. The molecule has 0 heterocycles. The van der Waals surface area contributed by atoms with Crippen LogP contribution in [0.25, 0.3) is 5.57 Å². The Bertz CT molecular complexity index is 466. The molecule has 0 spiro atoms. The molecule has 0 saturated carbocycles. The second kappa shape index (κ2) is 3.46. The van der Waals surface area contributed by atoms with E-state index < -0.39 is 17.5 Å². The van der Waals surface area contributed by atoms with Gasteiger partial charge in [-0.3, -0.25) is 4.79 Å². The van der Waals surface area contributed by atoms with Gasteiger partial charge in [0.15, 0.2) is 11.6 Å². The Hall–Kier alpha value is -1.71. The topological polar surface area (TPSA) is 43.1 Å². The van der Waals surface area contributed by atoms with Crippen LogP contribution in [0.2, 0.25) is 0 Å². The van der Waals surface area contributed by atoms with Crippen LogP contribution in [-0.2, 0) is 11.2 Å². The Kier molecular flexibility index (Phi) is 2.26. The highest BCUT2D eigenvalue weighted by atomic mass is 19.2. The zero-order chi connectivity index (χ0) is 11.0. The normalized spacial score (nSPS) is 16.8. The van der Waals surface area contributed by atoms with Crippen molar-refractivity contribution in [2.45, 2.75) is 12.8 Å². The van der Waals surface area contributed by atoms with E-state index in [4.69, 9.17) is 5.73 Å². The fraction of sp³-hybridized carbons (Fsp3) is 0.182. The number of aryl methyl sites for hydroxylation is 1. The highest BCUT2D eigenvalue weighted by Gasteiger charge is 2.19. The Morgan fingerprint density at radius 2 is 1.93 bits per heavy atom. The lowest BCUT2D eigenvalue weighted by Crippen LogP contribution is -2.06. The summed E-state index contributed by atoms with van der Waals surface area (Å²) >= 11 is 0. The van der Waals surface area contributed by atoms with Gasteiger partial charge >= 0.3 is 0 Å². The molecule has 4 heteroatoms. The quantitative estimate of drug-likeness (QED) is 0.704. The molecular formula is C11H9F2NO. The van der Waals surface area contributed by atoms with Crippen LogP contribution in [0.5, 0.6) is 0 Å². The number of nitrogens with two attached hydrogens (primary N) is 1. The van der Waals surface area contributed by atoms with Crippen LogP contribution in [-0.4, -0.2) is 5.91 Å². The summed E-state index contributed by atoms with van der Waals surface area (Å²) < 4.78 is 25.8. The van der Waals surface area contributed by atoms with Gasteiger partial charge in [-0.2, -0.15) is 0 Å². The summed E-state index contributed by atoms with van der Waals surface area (Å²) in [5.74, 6) is -2.32. The third-order valence-electron chi connectivity index (χ3n) is 2.47. The zero-order valence-electron chi connectivity index (χ0n) is 7.89. The maximum atomic E-state index is 13.0. The highest BCUT2D eigenvalue weighted by Crippen LogP contribution is 2.33. The van der Waals surface area contributed by atoms with Gasteiger partial charge in [-0.15, -0.1) is 0 Å². The number of carbonyl (C=O) groups is 1. The average Bonchev–Trinajstić information content (AvgIpc) is 2.49. The molecule has 0 radical (unpaired) electrons. The fourth-order valence-electron chi connectivity index (χ4n) is 1.82. The van der Waals surface area contributed by atoms with Gasteiger partial charge in [-0.25, -0.2) is 8.78 Å². The molecule has 1 aromatic rings. The molecule has 78 valence electrons. The van der Waals surface area contributed by atoms with Gasteiger partial charge in [0, 0.05) is 6.08 Å². The number of allylic oxidation sites excluding steroid dienone is 1. The fourth-order valence-corrected chi connectivity index (χ4v) is 1.82. The second-order valence-corrected chi connectivity index (χ2v) is 3.50. The summed E-state index contributed by atoms with van der Waals surface area (Å²) in [6.07, 6.45) is 2.48. The summed E-state index contributed by atoms with van der Waals surface area (Å²) in [5.41, 5.74) is 7.01. The first-order chi connectivity index (χ1) is 7.08. The molecule has 0 bridgehead atoms. The minimum atomic E-state index is -0.897. The van der Waals surface area contributed by atoms with E-state index in [9.17, 15) is 13.6 Å². The maximum Gasteiger partial charge on any atom is 0.241 e. The van der Waals surface area contributed by atoms with Crippen molar-refractivity contribution in [1.29, 1.82) is 0 Å². The first-order valence-electron chi connectivity index (χ1n) is 4.56. The molecule has 0 atom stereocenters. The Morgan fingerprint density at radius 3 is 2.60 bits per heavy atom. The third kappa shape index (κ3) is 1.75. The van der Waals surface area contributed by atoms with Crippen molar-refractivity contribution < 1.29 is 13.6 Å². The highest BCUT2D eigenvalue weighted by molar-refractivity contribution is 5.95. The van der Waals surface area contributed by atoms with E-state index in [0.717, 1.165) is 11.6 Å². The van der Waals surface area contributed by atoms with Crippen molar-refractivity contribution in [2.24, 2.45) is 5.73 Å². The third-order valence-corrected chi connectivity index (χ3v) is 2.47. The van der Waals surface area contributed by atoms with Crippen molar-refractivity contribution in [3.63, 3.8) is 0 Å². The summed E-state index contributed by atoms with van der Waals surface area (Å²) in [6.45, 7) is 0. The van der Waals surface area contributed by atoms with Crippen molar-refractivity contribution >= 4 is 11.5 Å². The van der Waals surface area contributed by atoms with Gasteiger partial charge < -0.3 is 5.73 Å². The van der Waals surface area contributed by atoms with Gasteiger partial charge in [0.25, 0.3) is 0 Å². The monoisotopic (exact) mass is 209 g/mol. The molecular weight excluding hydrogens is 200 g/mol. The van der Waals surface area contributed by atoms with Crippen molar-refractivity contribution in [3.05, 3.63) is 41.0 Å². The number of rotatable bonds is 1. The van der Waals surface area contributed by atoms with E-state index >= 15 is 0 Å². The number of fused-ring (bicyclic) bond motifs is 1. The van der Waals surface area contributed by atoms with Gasteiger partial charge in [0.2, 0.25) is 5.91 Å². The molecule has 1 amide bonds. The largest absolute Gasteiger partial charge is 0.366 e. The predicted octanol–water partition coefficient (Wildman–Crippen LogP) is 1.78. The number of hydrogen-bond donors (Lipinski definition) is 1. The number of hydrogen-bond acceptors (Lipinski definition) is 1. The van der Waals surface area contributed by atoms with E-state index in [1.807, 2.05) is 0 Å². The van der Waals surface area contributed by atoms with Gasteiger partial charge in [-0.1, -0.05) is 0 Å². The van der Waals surface area contributed by atoms with Gasteiger partial charge in [-0.05, 0) is 41.7 Å². The molecule has 1 aromatic carbocycles. The molecule has 15 heavy (non-hydrogen) atoms.